The monoisotopic (exact) mass is 340 g/mol. The minimum absolute atomic E-state index is 0.210. The van der Waals surface area contributed by atoms with E-state index in [4.69, 9.17) is 4.52 Å². The van der Waals surface area contributed by atoms with Crippen LogP contribution in [0.2, 0.25) is 0 Å². The Labute approximate surface area is 123 Å². The predicted molar refractivity (Wildman–Crippen MR) is 72.1 cm³/mol. The Kier molecular flexibility index (Phi) is 3.58. The molecule has 2 aromatic rings. The lowest BCUT2D eigenvalue weighted by atomic mass is 10.3. The Morgan fingerprint density at radius 2 is 2.45 bits per heavy atom. The molecule has 1 fully saturated rings. The van der Waals surface area contributed by atoms with Crippen molar-refractivity contribution in [3.05, 3.63) is 34.4 Å². The number of carbonyl (C=O) groups excluding carboxylic acids is 1. The highest BCUT2D eigenvalue weighted by Gasteiger charge is 2.27. The van der Waals surface area contributed by atoms with Crippen molar-refractivity contribution in [2.45, 2.75) is 19.1 Å². The average Bonchev–Trinajstić information content (AvgIpc) is 3.11. The predicted octanol–water partition coefficient (Wildman–Crippen LogP) is 0.889. The summed E-state index contributed by atoms with van der Waals surface area (Å²) in [6, 6.07) is 1.61. The third-order valence-electron chi connectivity index (χ3n) is 3.15. The lowest BCUT2D eigenvalue weighted by Crippen LogP contribution is -2.29. The summed E-state index contributed by atoms with van der Waals surface area (Å²) >= 11 is 3.31. The van der Waals surface area contributed by atoms with E-state index in [1.165, 1.54) is 0 Å². The van der Waals surface area contributed by atoms with Crippen molar-refractivity contribution >= 4 is 21.8 Å². The second-order valence-corrected chi connectivity index (χ2v) is 5.64. The summed E-state index contributed by atoms with van der Waals surface area (Å²) in [6.07, 6.45) is 3.65. The molecule has 0 bridgehead atoms. The quantitative estimate of drug-likeness (QED) is 0.896. The van der Waals surface area contributed by atoms with Gasteiger partial charge in [0.15, 0.2) is 11.5 Å². The van der Waals surface area contributed by atoms with Gasteiger partial charge in [-0.3, -0.25) is 9.48 Å². The molecule has 8 heteroatoms. The van der Waals surface area contributed by atoms with E-state index in [2.05, 4.69) is 26.2 Å². The van der Waals surface area contributed by atoms with Crippen molar-refractivity contribution in [1.82, 2.24) is 19.8 Å². The lowest BCUT2D eigenvalue weighted by molar-refractivity contribution is 0.0754. The van der Waals surface area contributed by atoms with E-state index in [9.17, 15) is 9.90 Å². The van der Waals surface area contributed by atoms with Gasteiger partial charge in [0.25, 0.3) is 5.91 Å². The fourth-order valence-corrected chi connectivity index (χ4v) is 2.49. The number of nitrogens with zero attached hydrogens (tertiary/aromatic N) is 4. The van der Waals surface area contributed by atoms with E-state index < -0.39 is 6.10 Å². The number of aliphatic hydroxyl groups excluding tert-OH is 1. The first kappa shape index (κ1) is 13.3. The van der Waals surface area contributed by atoms with E-state index >= 15 is 0 Å². The number of rotatable bonds is 3. The smallest absolute Gasteiger partial charge is 0.276 e. The minimum atomic E-state index is -0.438. The van der Waals surface area contributed by atoms with Gasteiger partial charge < -0.3 is 14.5 Å². The van der Waals surface area contributed by atoms with Gasteiger partial charge in [-0.25, -0.2) is 0 Å². The zero-order valence-electron chi connectivity index (χ0n) is 10.6. The Morgan fingerprint density at radius 3 is 3.10 bits per heavy atom. The third kappa shape index (κ3) is 2.75. The normalized spacial score (nSPS) is 18.7. The van der Waals surface area contributed by atoms with E-state index in [0.717, 1.165) is 4.47 Å². The Morgan fingerprint density at radius 1 is 1.60 bits per heavy atom. The number of aliphatic hydroxyl groups is 1. The van der Waals surface area contributed by atoms with Crippen LogP contribution < -0.4 is 0 Å². The molecule has 0 saturated carbocycles. The van der Waals surface area contributed by atoms with Crippen LogP contribution in [-0.4, -0.2) is 50.0 Å². The van der Waals surface area contributed by atoms with Gasteiger partial charge in [0.1, 0.15) is 6.54 Å². The van der Waals surface area contributed by atoms with E-state index in [1.807, 2.05) is 0 Å². The van der Waals surface area contributed by atoms with E-state index in [0.29, 0.717) is 31.8 Å². The molecule has 0 aliphatic carbocycles. The molecule has 1 atom stereocenters. The Balaban J connectivity index is 1.68. The zero-order chi connectivity index (χ0) is 14.1. The minimum Gasteiger partial charge on any atom is -0.391 e. The fraction of sp³-hybridized carbons (Fsp3) is 0.417. The molecular formula is C12H13BrN4O3. The van der Waals surface area contributed by atoms with Crippen LogP contribution in [0.3, 0.4) is 0 Å². The highest BCUT2D eigenvalue weighted by molar-refractivity contribution is 9.10. The molecule has 1 N–H and O–H groups in total. The highest BCUT2D eigenvalue weighted by atomic mass is 79.9. The second kappa shape index (κ2) is 5.37. The number of halogens is 1. The summed E-state index contributed by atoms with van der Waals surface area (Å²) in [5.74, 6) is 0.349. The van der Waals surface area contributed by atoms with Crippen molar-refractivity contribution in [1.29, 1.82) is 0 Å². The topological polar surface area (TPSA) is 84.4 Å². The van der Waals surface area contributed by atoms with Crippen molar-refractivity contribution in [3.63, 3.8) is 0 Å². The van der Waals surface area contributed by atoms with Crippen LogP contribution in [-0.2, 0) is 6.54 Å². The Hall–Kier alpha value is -1.67. The van der Waals surface area contributed by atoms with Crippen LogP contribution in [0.25, 0.3) is 0 Å². The van der Waals surface area contributed by atoms with Gasteiger partial charge in [-0.15, -0.1) is 0 Å². The van der Waals surface area contributed by atoms with Crippen LogP contribution in [0, 0.1) is 0 Å². The molecule has 3 heterocycles. The third-order valence-corrected chi connectivity index (χ3v) is 3.56. The van der Waals surface area contributed by atoms with Crippen LogP contribution in [0.15, 0.2) is 27.5 Å². The fourth-order valence-electron chi connectivity index (χ4n) is 2.16. The number of carbonyl (C=O) groups is 1. The Bertz CT molecular complexity index is 624. The number of likely N-dealkylation sites (tertiary alicyclic amines) is 1. The van der Waals surface area contributed by atoms with Gasteiger partial charge in [0.2, 0.25) is 0 Å². The second-order valence-electron chi connectivity index (χ2n) is 4.73. The molecule has 106 valence electrons. The maximum atomic E-state index is 12.1. The molecule has 0 radical (unpaired) electrons. The van der Waals surface area contributed by atoms with Crippen molar-refractivity contribution in [3.8, 4) is 0 Å². The molecule has 2 aromatic heterocycles. The van der Waals surface area contributed by atoms with Gasteiger partial charge >= 0.3 is 0 Å². The van der Waals surface area contributed by atoms with Crippen LogP contribution in [0.4, 0.5) is 0 Å². The largest absolute Gasteiger partial charge is 0.391 e. The molecule has 1 aliphatic heterocycles. The molecule has 1 saturated heterocycles. The molecule has 7 nitrogen and oxygen atoms in total. The molecule has 1 amide bonds. The molecular weight excluding hydrogens is 328 g/mol. The summed E-state index contributed by atoms with van der Waals surface area (Å²) in [6.45, 7) is 1.32. The summed E-state index contributed by atoms with van der Waals surface area (Å²) in [7, 11) is 0. The summed E-state index contributed by atoms with van der Waals surface area (Å²) in [5, 5.41) is 17.3. The average molecular weight is 341 g/mol. The molecule has 1 aliphatic rings. The van der Waals surface area contributed by atoms with Gasteiger partial charge in [-0.1, -0.05) is 5.16 Å². The van der Waals surface area contributed by atoms with Gasteiger partial charge in [-0.05, 0) is 22.4 Å². The van der Waals surface area contributed by atoms with Crippen molar-refractivity contribution in [2.75, 3.05) is 13.1 Å². The van der Waals surface area contributed by atoms with Crippen LogP contribution in [0.5, 0.6) is 0 Å². The highest BCUT2D eigenvalue weighted by Crippen LogP contribution is 2.15. The maximum Gasteiger partial charge on any atom is 0.276 e. The molecule has 0 unspecified atom stereocenters. The first-order valence-corrected chi connectivity index (χ1v) is 7.02. The van der Waals surface area contributed by atoms with Gasteiger partial charge in [0, 0.05) is 25.4 Å². The van der Waals surface area contributed by atoms with Gasteiger partial charge in [0.05, 0.1) is 16.8 Å². The molecule has 3 rings (SSSR count). The number of amides is 1. The number of β-amino-alcohol motifs (C(OH)–C–C–N with tert-alkyl or cyclic N) is 1. The summed E-state index contributed by atoms with van der Waals surface area (Å²) < 4.78 is 7.70. The standard InChI is InChI=1S/C12H13BrN4O3/c13-8-4-14-17(5-8)7-10-3-11(15-20-10)12(19)16-2-1-9(18)6-16/h3-5,9,18H,1-2,6-7H2/t9-/m1/s1. The van der Waals surface area contributed by atoms with E-state index in [1.54, 1.807) is 28.0 Å². The summed E-state index contributed by atoms with van der Waals surface area (Å²) in [4.78, 5) is 13.7. The molecule has 0 aromatic carbocycles. The first-order chi connectivity index (χ1) is 9.61. The number of hydrogen-bond acceptors (Lipinski definition) is 5. The van der Waals surface area contributed by atoms with E-state index in [-0.39, 0.29) is 11.6 Å². The SMILES string of the molecule is O=C(c1cc(Cn2cc(Br)cn2)on1)N1CC[C@@H](O)C1. The first-order valence-electron chi connectivity index (χ1n) is 6.23. The number of hydrogen-bond donors (Lipinski definition) is 1. The lowest BCUT2D eigenvalue weighted by Gasteiger charge is -2.12. The van der Waals surface area contributed by atoms with Crippen molar-refractivity contribution < 1.29 is 14.4 Å². The summed E-state index contributed by atoms with van der Waals surface area (Å²) in [5.41, 5.74) is 0.264. The number of aromatic nitrogens is 3. The molecule has 20 heavy (non-hydrogen) atoms. The van der Waals surface area contributed by atoms with Crippen LogP contribution in [0.1, 0.15) is 22.7 Å². The maximum absolute atomic E-state index is 12.1. The van der Waals surface area contributed by atoms with Crippen LogP contribution >= 0.6 is 15.9 Å². The zero-order valence-corrected chi connectivity index (χ0v) is 12.2. The van der Waals surface area contributed by atoms with Gasteiger partial charge in [-0.2, -0.15) is 5.10 Å². The van der Waals surface area contributed by atoms with Crippen molar-refractivity contribution in [2.24, 2.45) is 0 Å². The molecule has 0 spiro atoms.